The van der Waals surface area contributed by atoms with E-state index < -0.39 is 15.6 Å². The van der Waals surface area contributed by atoms with Crippen LogP contribution in [0.5, 0.6) is 0 Å². The van der Waals surface area contributed by atoms with Gasteiger partial charge in [0.2, 0.25) is 0 Å². The van der Waals surface area contributed by atoms with Crippen molar-refractivity contribution in [3.63, 3.8) is 0 Å². The second kappa shape index (κ2) is 5.25. The van der Waals surface area contributed by atoms with Crippen molar-refractivity contribution in [3.05, 3.63) is 52.4 Å². The molecule has 0 spiro atoms. The van der Waals surface area contributed by atoms with Crippen LogP contribution in [0, 0.1) is 0 Å². The van der Waals surface area contributed by atoms with Crippen molar-refractivity contribution in [3.8, 4) is 0 Å². The SMILES string of the molecule is CC(C)(NS(=O)(=O)c1ccc(Cl)s1)c1ccccc1. The van der Waals surface area contributed by atoms with Crippen LogP contribution in [0.1, 0.15) is 19.4 Å². The Balaban J connectivity index is 2.30. The van der Waals surface area contributed by atoms with Crippen molar-refractivity contribution in [2.75, 3.05) is 0 Å². The average Bonchev–Trinajstić information content (AvgIpc) is 2.77. The summed E-state index contributed by atoms with van der Waals surface area (Å²) in [5.74, 6) is 0. The van der Waals surface area contributed by atoms with E-state index in [4.69, 9.17) is 11.6 Å². The molecule has 0 saturated heterocycles. The molecule has 2 aromatic rings. The van der Waals surface area contributed by atoms with Gasteiger partial charge < -0.3 is 0 Å². The summed E-state index contributed by atoms with van der Waals surface area (Å²) in [5.41, 5.74) is 0.220. The largest absolute Gasteiger partial charge is 0.250 e. The number of thiophene rings is 1. The van der Waals surface area contributed by atoms with Crippen LogP contribution in [0.4, 0.5) is 0 Å². The molecule has 19 heavy (non-hydrogen) atoms. The molecule has 0 amide bonds. The summed E-state index contributed by atoms with van der Waals surface area (Å²) in [7, 11) is -3.56. The molecule has 0 unspecified atom stereocenters. The molecule has 6 heteroatoms. The third-order valence-corrected chi connectivity index (χ3v) is 6.08. The Labute approximate surface area is 122 Å². The summed E-state index contributed by atoms with van der Waals surface area (Å²) in [5, 5.41) is 0. The molecule has 0 saturated carbocycles. The van der Waals surface area contributed by atoms with Crippen LogP contribution in [-0.4, -0.2) is 8.42 Å². The quantitative estimate of drug-likeness (QED) is 0.936. The molecule has 2 rings (SSSR count). The van der Waals surface area contributed by atoms with E-state index in [1.807, 2.05) is 44.2 Å². The van der Waals surface area contributed by atoms with E-state index in [9.17, 15) is 8.42 Å². The zero-order chi connectivity index (χ0) is 14.1. The fourth-order valence-corrected chi connectivity index (χ4v) is 4.63. The number of rotatable bonds is 4. The van der Waals surface area contributed by atoms with Gasteiger partial charge in [-0.15, -0.1) is 11.3 Å². The van der Waals surface area contributed by atoms with Crippen LogP contribution < -0.4 is 4.72 Å². The second-order valence-electron chi connectivity index (χ2n) is 4.66. The van der Waals surface area contributed by atoms with E-state index in [0.29, 0.717) is 4.34 Å². The minimum atomic E-state index is -3.56. The van der Waals surface area contributed by atoms with E-state index >= 15 is 0 Å². The number of hydrogen-bond donors (Lipinski definition) is 1. The highest BCUT2D eigenvalue weighted by atomic mass is 35.5. The lowest BCUT2D eigenvalue weighted by molar-refractivity contribution is 0.473. The van der Waals surface area contributed by atoms with Gasteiger partial charge >= 0.3 is 0 Å². The molecule has 1 aromatic heterocycles. The van der Waals surface area contributed by atoms with E-state index in [1.54, 1.807) is 6.07 Å². The molecule has 0 radical (unpaired) electrons. The predicted molar refractivity (Wildman–Crippen MR) is 79.1 cm³/mol. The molecule has 1 aromatic carbocycles. The Morgan fingerprint density at radius 1 is 1.11 bits per heavy atom. The van der Waals surface area contributed by atoms with Gasteiger partial charge in [-0.25, -0.2) is 13.1 Å². The van der Waals surface area contributed by atoms with Crippen molar-refractivity contribution >= 4 is 33.0 Å². The van der Waals surface area contributed by atoms with Crippen LogP contribution in [0.2, 0.25) is 4.34 Å². The predicted octanol–water partition coefficient (Wildman–Crippen LogP) is 3.62. The van der Waals surface area contributed by atoms with Crippen molar-refractivity contribution in [2.45, 2.75) is 23.6 Å². The fraction of sp³-hybridized carbons (Fsp3) is 0.231. The van der Waals surface area contributed by atoms with E-state index in [0.717, 1.165) is 16.9 Å². The minimum absolute atomic E-state index is 0.224. The number of halogens is 1. The highest BCUT2D eigenvalue weighted by Gasteiger charge is 2.28. The topological polar surface area (TPSA) is 46.2 Å². The molecular formula is C13H14ClNO2S2. The summed E-state index contributed by atoms with van der Waals surface area (Å²) in [6, 6.07) is 12.5. The average molecular weight is 316 g/mol. The lowest BCUT2D eigenvalue weighted by atomic mass is 9.96. The van der Waals surface area contributed by atoms with Gasteiger partial charge in [0, 0.05) is 0 Å². The first kappa shape index (κ1) is 14.5. The van der Waals surface area contributed by atoms with Crippen LogP contribution in [0.3, 0.4) is 0 Å². The molecule has 0 bridgehead atoms. The standard InChI is InChI=1S/C13H14ClNO2S2/c1-13(2,10-6-4-3-5-7-10)15-19(16,17)12-9-8-11(14)18-12/h3-9,15H,1-2H3. The highest BCUT2D eigenvalue weighted by molar-refractivity contribution is 7.91. The van der Waals surface area contributed by atoms with Crippen LogP contribution in [0.25, 0.3) is 0 Å². The van der Waals surface area contributed by atoms with Gasteiger partial charge in [0.1, 0.15) is 4.21 Å². The summed E-state index contributed by atoms with van der Waals surface area (Å²) in [6.07, 6.45) is 0. The maximum Gasteiger partial charge on any atom is 0.250 e. The number of sulfonamides is 1. The molecular weight excluding hydrogens is 302 g/mol. The molecule has 1 heterocycles. The maximum atomic E-state index is 12.3. The summed E-state index contributed by atoms with van der Waals surface area (Å²) in [4.78, 5) is 0. The van der Waals surface area contributed by atoms with Crippen molar-refractivity contribution in [1.29, 1.82) is 0 Å². The highest BCUT2D eigenvalue weighted by Crippen LogP contribution is 2.28. The molecule has 102 valence electrons. The van der Waals surface area contributed by atoms with Gasteiger partial charge in [0.25, 0.3) is 10.0 Å². The van der Waals surface area contributed by atoms with Gasteiger partial charge in [-0.1, -0.05) is 41.9 Å². The smallest absolute Gasteiger partial charge is 0.206 e. The Bertz CT molecular complexity index is 663. The second-order valence-corrected chi connectivity index (χ2v) is 8.28. The van der Waals surface area contributed by atoms with Gasteiger partial charge in [0.05, 0.1) is 9.88 Å². The lowest BCUT2D eigenvalue weighted by Gasteiger charge is -2.26. The number of benzene rings is 1. The van der Waals surface area contributed by atoms with Gasteiger partial charge in [-0.3, -0.25) is 0 Å². The molecule has 3 nitrogen and oxygen atoms in total. The Kier molecular flexibility index (Phi) is 4.01. The monoisotopic (exact) mass is 315 g/mol. The van der Waals surface area contributed by atoms with Gasteiger partial charge in [0.15, 0.2) is 0 Å². The molecule has 0 aliphatic heterocycles. The molecule has 1 N–H and O–H groups in total. The first-order chi connectivity index (χ1) is 8.81. The first-order valence-electron chi connectivity index (χ1n) is 5.66. The van der Waals surface area contributed by atoms with Crippen LogP contribution in [-0.2, 0) is 15.6 Å². The van der Waals surface area contributed by atoms with Crippen molar-refractivity contribution in [1.82, 2.24) is 4.72 Å². The molecule has 0 atom stereocenters. The Hall–Kier alpha value is -0.880. The Morgan fingerprint density at radius 2 is 1.74 bits per heavy atom. The first-order valence-corrected chi connectivity index (χ1v) is 8.34. The molecule has 0 aliphatic carbocycles. The van der Waals surface area contributed by atoms with Crippen LogP contribution in [0.15, 0.2) is 46.7 Å². The minimum Gasteiger partial charge on any atom is -0.206 e. The van der Waals surface area contributed by atoms with E-state index in [2.05, 4.69) is 4.72 Å². The lowest BCUT2D eigenvalue weighted by Crippen LogP contribution is -2.40. The van der Waals surface area contributed by atoms with Gasteiger partial charge in [-0.2, -0.15) is 0 Å². The van der Waals surface area contributed by atoms with Crippen molar-refractivity contribution < 1.29 is 8.42 Å². The molecule has 0 fully saturated rings. The van der Waals surface area contributed by atoms with Crippen molar-refractivity contribution in [2.24, 2.45) is 0 Å². The van der Waals surface area contributed by atoms with Gasteiger partial charge in [-0.05, 0) is 31.5 Å². The number of hydrogen-bond acceptors (Lipinski definition) is 3. The summed E-state index contributed by atoms with van der Waals surface area (Å²) < 4.78 is 27.9. The zero-order valence-corrected chi connectivity index (χ0v) is 12.9. The van der Waals surface area contributed by atoms with Crippen LogP contribution >= 0.6 is 22.9 Å². The zero-order valence-electron chi connectivity index (χ0n) is 10.6. The maximum absolute atomic E-state index is 12.3. The van der Waals surface area contributed by atoms with E-state index in [1.165, 1.54) is 6.07 Å². The number of nitrogens with one attached hydrogen (secondary N) is 1. The summed E-state index contributed by atoms with van der Waals surface area (Å²) in [6.45, 7) is 3.66. The third kappa shape index (κ3) is 3.36. The Morgan fingerprint density at radius 3 is 2.26 bits per heavy atom. The normalized spacial score (nSPS) is 12.6. The molecule has 0 aliphatic rings. The summed E-state index contributed by atoms with van der Waals surface area (Å²) >= 11 is 6.83. The fourth-order valence-electron chi connectivity index (χ4n) is 1.74. The third-order valence-electron chi connectivity index (χ3n) is 2.70. The van der Waals surface area contributed by atoms with E-state index in [-0.39, 0.29) is 4.21 Å².